The Morgan fingerprint density at radius 3 is 1.80 bits per heavy atom. The van der Waals surface area contributed by atoms with Crippen molar-refractivity contribution in [3.8, 4) is 5.75 Å². The summed E-state index contributed by atoms with van der Waals surface area (Å²) in [6.07, 6.45) is 0. The van der Waals surface area contributed by atoms with Crippen LogP contribution in [0.2, 0.25) is 0 Å². The van der Waals surface area contributed by atoms with Crippen LogP contribution in [0.4, 0.5) is 0 Å². The van der Waals surface area contributed by atoms with Gasteiger partial charge in [0.1, 0.15) is 5.75 Å². The first-order valence-electron chi connectivity index (χ1n) is 10.5. The van der Waals surface area contributed by atoms with Crippen LogP contribution in [0.1, 0.15) is 29.7 Å². The molecule has 0 radical (unpaired) electrons. The van der Waals surface area contributed by atoms with E-state index in [1.54, 1.807) is 7.11 Å². The number of benzene rings is 3. The third-order valence-corrected chi connectivity index (χ3v) is 5.69. The van der Waals surface area contributed by atoms with Gasteiger partial charge in [-0.1, -0.05) is 60.7 Å². The van der Waals surface area contributed by atoms with E-state index >= 15 is 0 Å². The quantitative estimate of drug-likeness (QED) is 0.556. The fraction of sp³-hybridized carbons (Fsp3) is 0.269. The minimum atomic E-state index is 0.279. The van der Waals surface area contributed by atoms with Gasteiger partial charge < -0.3 is 4.74 Å². The highest BCUT2D eigenvalue weighted by Crippen LogP contribution is 2.29. The van der Waals surface area contributed by atoms with E-state index in [-0.39, 0.29) is 6.04 Å². The molecule has 0 saturated carbocycles. The maximum Gasteiger partial charge on any atom is 0.118 e. The van der Waals surface area contributed by atoms with Gasteiger partial charge in [-0.2, -0.15) is 5.10 Å². The van der Waals surface area contributed by atoms with Gasteiger partial charge in [-0.25, -0.2) is 0 Å². The topological polar surface area (TPSA) is 28.1 Å². The highest BCUT2D eigenvalue weighted by atomic mass is 16.5. The van der Waals surface area contributed by atoms with E-state index in [2.05, 4.69) is 89.6 Å². The monoisotopic (exact) mass is 399 g/mol. The molecule has 0 unspecified atom stereocenters. The molecular weight excluding hydrogens is 370 g/mol. The number of hydrogen-bond donors (Lipinski definition) is 0. The van der Waals surface area contributed by atoms with Crippen LogP contribution in [0.5, 0.6) is 5.75 Å². The maximum atomic E-state index is 5.25. The number of nitrogens with zero attached hydrogens (tertiary/aromatic N) is 3. The molecular formula is C26H29N3O. The van der Waals surface area contributed by atoms with Crippen molar-refractivity contribution in [2.45, 2.75) is 13.0 Å². The Labute approximate surface area is 179 Å². The Kier molecular flexibility index (Phi) is 6.45. The van der Waals surface area contributed by atoms with E-state index in [1.165, 1.54) is 11.1 Å². The number of rotatable bonds is 6. The van der Waals surface area contributed by atoms with Crippen molar-refractivity contribution in [1.29, 1.82) is 0 Å². The highest BCUT2D eigenvalue weighted by molar-refractivity contribution is 5.98. The molecule has 0 N–H and O–H groups in total. The lowest BCUT2D eigenvalue weighted by Crippen LogP contribution is -2.46. The van der Waals surface area contributed by atoms with Gasteiger partial charge in [-0.15, -0.1) is 0 Å². The van der Waals surface area contributed by atoms with Crippen molar-refractivity contribution >= 4 is 5.71 Å². The smallest absolute Gasteiger partial charge is 0.118 e. The van der Waals surface area contributed by atoms with Gasteiger partial charge in [0, 0.05) is 26.2 Å². The summed E-state index contributed by atoms with van der Waals surface area (Å²) in [4.78, 5) is 2.57. The normalized spacial score (nSPS) is 15.4. The molecule has 0 aromatic heterocycles. The van der Waals surface area contributed by atoms with Crippen LogP contribution in [0, 0.1) is 0 Å². The molecule has 0 bridgehead atoms. The summed E-state index contributed by atoms with van der Waals surface area (Å²) in [7, 11) is 1.69. The molecule has 0 amide bonds. The van der Waals surface area contributed by atoms with Crippen LogP contribution < -0.4 is 4.74 Å². The van der Waals surface area contributed by atoms with Crippen LogP contribution in [0.15, 0.2) is 90.0 Å². The summed E-state index contributed by atoms with van der Waals surface area (Å²) in [5.41, 5.74) is 4.85. The Balaban J connectivity index is 1.46. The van der Waals surface area contributed by atoms with Gasteiger partial charge in [0.25, 0.3) is 0 Å². The Bertz CT molecular complexity index is 907. The average molecular weight is 400 g/mol. The fourth-order valence-electron chi connectivity index (χ4n) is 4.06. The highest BCUT2D eigenvalue weighted by Gasteiger charge is 2.26. The van der Waals surface area contributed by atoms with Crippen molar-refractivity contribution in [3.63, 3.8) is 0 Å². The fourth-order valence-corrected chi connectivity index (χ4v) is 4.06. The van der Waals surface area contributed by atoms with Crippen molar-refractivity contribution in [2.75, 3.05) is 33.3 Å². The summed E-state index contributed by atoms with van der Waals surface area (Å²) in [6.45, 7) is 5.87. The molecule has 1 aliphatic heterocycles. The second-order valence-electron chi connectivity index (χ2n) is 7.63. The zero-order valence-corrected chi connectivity index (χ0v) is 17.7. The predicted molar refractivity (Wildman–Crippen MR) is 123 cm³/mol. The first kappa shape index (κ1) is 20.2. The number of ether oxygens (including phenoxy) is 1. The zero-order valence-electron chi connectivity index (χ0n) is 17.7. The molecule has 1 fully saturated rings. The van der Waals surface area contributed by atoms with Crippen LogP contribution >= 0.6 is 0 Å². The van der Waals surface area contributed by atoms with Gasteiger partial charge in [0.2, 0.25) is 0 Å². The molecule has 1 aliphatic rings. The van der Waals surface area contributed by atoms with Crippen molar-refractivity contribution < 1.29 is 4.74 Å². The molecule has 3 aromatic carbocycles. The molecule has 3 aromatic rings. The third-order valence-electron chi connectivity index (χ3n) is 5.69. The van der Waals surface area contributed by atoms with Crippen molar-refractivity contribution in [2.24, 2.45) is 5.10 Å². The van der Waals surface area contributed by atoms with E-state index in [0.29, 0.717) is 0 Å². The van der Waals surface area contributed by atoms with E-state index in [1.807, 2.05) is 12.1 Å². The number of hydrogen-bond acceptors (Lipinski definition) is 4. The lowest BCUT2D eigenvalue weighted by molar-refractivity contribution is 0.112. The molecule has 154 valence electrons. The summed E-state index contributed by atoms with van der Waals surface area (Å²) < 4.78 is 5.25. The minimum Gasteiger partial charge on any atom is -0.497 e. The molecule has 30 heavy (non-hydrogen) atoms. The maximum absolute atomic E-state index is 5.25. The Morgan fingerprint density at radius 1 is 0.767 bits per heavy atom. The van der Waals surface area contributed by atoms with Gasteiger partial charge in [-0.05, 0) is 47.9 Å². The summed E-state index contributed by atoms with van der Waals surface area (Å²) >= 11 is 0. The van der Waals surface area contributed by atoms with Gasteiger partial charge in [-0.3, -0.25) is 9.91 Å². The molecule has 0 spiro atoms. The van der Waals surface area contributed by atoms with Crippen LogP contribution in [0.3, 0.4) is 0 Å². The molecule has 0 atom stereocenters. The second-order valence-corrected chi connectivity index (χ2v) is 7.63. The lowest BCUT2D eigenvalue weighted by Gasteiger charge is -2.39. The van der Waals surface area contributed by atoms with Crippen LogP contribution in [0.25, 0.3) is 0 Å². The predicted octanol–water partition coefficient (Wildman–Crippen LogP) is 4.83. The van der Waals surface area contributed by atoms with Crippen molar-refractivity contribution in [3.05, 3.63) is 102 Å². The van der Waals surface area contributed by atoms with Crippen LogP contribution in [-0.2, 0) is 0 Å². The summed E-state index contributed by atoms with van der Waals surface area (Å²) in [5.74, 6) is 0.869. The van der Waals surface area contributed by atoms with Crippen LogP contribution in [-0.4, -0.2) is 48.9 Å². The molecule has 0 aliphatic carbocycles. The summed E-state index contributed by atoms with van der Waals surface area (Å²) in [6, 6.07) is 30.0. The molecule has 4 rings (SSSR count). The average Bonchev–Trinajstić information content (AvgIpc) is 2.82. The standard InChI is InChI=1S/C26H29N3O/c1-21(22-13-15-25(30-2)16-14-22)27-29-19-17-28(18-20-29)26(23-9-5-3-6-10-23)24-11-7-4-8-12-24/h3-16,26H,17-20H2,1-2H3. The SMILES string of the molecule is COc1ccc(C(C)=NN2CCN(C(c3ccccc3)c3ccccc3)CC2)cc1. The molecule has 4 heteroatoms. The Hall–Kier alpha value is -3.11. The number of hydrazone groups is 1. The molecule has 4 nitrogen and oxygen atoms in total. The summed E-state index contributed by atoms with van der Waals surface area (Å²) in [5, 5.41) is 7.08. The van der Waals surface area contributed by atoms with Crippen molar-refractivity contribution in [1.82, 2.24) is 9.91 Å². The van der Waals surface area contributed by atoms with Gasteiger partial charge in [0.15, 0.2) is 0 Å². The first-order chi connectivity index (χ1) is 14.7. The third kappa shape index (κ3) is 4.71. The number of piperazine rings is 1. The van der Waals surface area contributed by atoms with Gasteiger partial charge >= 0.3 is 0 Å². The molecule has 1 heterocycles. The molecule has 1 saturated heterocycles. The second kappa shape index (κ2) is 9.59. The zero-order chi connectivity index (χ0) is 20.8. The minimum absolute atomic E-state index is 0.279. The lowest BCUT2D eigenvalue weighted by atomic mass is 9.96. The van der Waals surface area contributed by atoms with E-state index in [9.17, 15) is 0 Å². The van der Waals surface area contributed by atoms with E-state index < -0.39 is 0 Å². The number of methoxy groups -OCH3 is 1. The Morgan fingerprint density at radius 2 is 1.30 bits per heavy atom. The first-order valence-corrected chi connectivity index (χ1v) is 10.5. The van der Waals surface area contributed by atoms with E-state index in [0.717, 1.165) is 43.2 Å². The van der Waals surface area contributed by atoms with Gasteiger partial charge in [0.05, 0.1) is 18.9 Å². The van der Waals surface area contributed by atoms with E-state index in [4.69, 9.17) is 9.84 Å². The largest absolute Gasteiger partial charge is 0.497 e.